The van der Waals surface area contributed by atoms with Gasteiger partial charge in [0, 0.05) is 5.92 Å². The molecule has 1 saturated carbocycles. The molecule has 0 amide bonds. The van der Waals surface area contributed by atoms with Gasteiger partial charge in [0.25, 0.3) is 0 Å². The Hall–Kier alpha value is -1.16. The van der Waals surface area contributed by atoms with E-state index < -0.39 is 5.60 Å². The topological polar surface area (TPSA) is 52.1 Å². The number of carbonyl (C=O) groups excluding carboxylic acids is 1. The first kappa shape index (κ1) is 12.3. The molecule has 0 spiro atoms. The minimum absolute atomic E-state index is 0.0790. The van der Waals surface area contributed by atoms with Crippen molar-refractivity contribution < 1.29 is 9.53 Å². The van der Waals surface area contributed by atoms with E-state index in [1.54, 1.807) is 6.20 Å². The standard InChI is InChI=1S/C12H15ClN2O2/c1-12(2,3)17-11(16)8-4-7(8)9-5-15-10(13)6-14-9/h5-8H,4H2,1-3H3/t7-,8-/m0/s1. The molecule has 0 radical (unpaired) electrons. The molecule has 2 rings (SSSR count). The molecule has 0 aromatic carbocycles. The maximum absolute atomic E-state index is 11.8. The van der Waals surface area contributed by atoms with Crippen LogP contribution in [0.3, 0.4) is 0 Å². The second-order valence-corrected chi connectivity index (χ2v) is 5.63. The van der Waals surface area contributed by atoms with Gasteiger partial charge in [-0.15, -0.1) is 0 Å². The summed E-state index contributed by atoms with van der Waals surface area (Å²) in [6.07, 6.45) is 3.91. The van der Waals surface area contributed by atoms with E-state index in [4.69, 9.17) is 16.3 Å². The van der Waals surface area contributed by atoms with Crippen molar-refractivity contribution >= 4 is 17.6 Å². The summed E-state index contributed by atoms with van der Waals surface area (Å²) in [5, 5.41) is 0.364. The van der Waals surface area contributed by atoms with Gasteiger partial charge in [-0.3, -0.25) is 9.78 Å². The lowest BCUT2D eigenvalue weighted by Crippen LogP contribution is -2.25. The summed E-state index contributed by atoms with van der Waals surface area (Å²) in [7, 11) is 0. The van der Waals surface area contributed by atoms with Crippen molar-refractivity contribution in [1.29, 1.82) is 0 Å². The molecule has 1 aromatic rings. The van der Waals surface area contributed by atoms with E-state index in [9.17, 15) is 4.79 Å². The fraction of sp³-hybridized carbons (Fsp3) is 0.583. The summed E-state index contributed by atoms with van der Waals surface area (Å²) < 4.78 is 5.32. The number of hydrogen-bond donors (Lipinski definition) is 0. The van der Waals surface area contributed by atoms with Crippen LogP contribution in [-0.2, 0) is 9.53 Å². The fourth-order valence-corrected chi connectivity index (χ4v) is 1.77. The zero-order valence-corrected chi connectivity index (χ0v) is 10.9. The smallest absolute Gasteiger partial charge is 0.310 e. The van der Waals surface area contributed by atoms with Gasteiger partial charge in [-0.2, -0.15) is 0 Å². The molecule has 17 heavy (non-hydrogen) atoms. The zero-order valence-electron chi connectivity index (χ0n) is 10.1. The molecule has 0 bridgehead atoms. The molecule has 1 heterocycles. The van der Waals surface area contributed by atoms with Gasteiger partial charge in [-0.05, 0) is 27.2 Å². The summed E-state index contributed by atoms with van der Waals surface area (Å²) in [5.74, 6) is -0.0985. The van der Waals surface area contributed by atoms with Crippen LogP contribution >= 0.6 is 11.6 Å². The summed E-state index contributed by atoms with van der Waals surface area (Å²) in [6, 6.07) is 0. The van der Waals surface area contributed by atoms with E-state index in [1.807, 2.05) is 20.8 Å². The van der Waals surface area contributed by atoms with Crippen LogP contribution < -0.4 is 0 Å². The first-order valence-corrected chi connectivity index (χ1v) is 5.95. The van der Waals surface area contributed by atoms with Crippen molar-refractivity contribution in [2.75, 3.05) is 0 Å². The minimum Gasteiger partial charge on any atom is -0.460 e. The van der Waals surface area contributed by atoms with E-state index in [0.717, 1.165) is 12.1 Å². The van der Waals surface area contributed by atoms with Gasteiger partial charge in [-0.1, -0.05) is 11.6 Å². The van der Waals surface area contributed by atoms with Gasteiger partial charge in [0.1, 0.15) is 10.8 Å². The molecule has 4 nitrogen and oxygen atoms in total. The van der Waals surface area contributed by atoms with Gasteiger partial charge in [0.15, 0.2) is 0 Å². The Bertz CT molecular complexity index is 425. The highest BCUT2D eigenvalue weighted by Gasteiger charge is 2.47. The summed E-state index contributed by atoms with van der Waals surface area (Å²) in [5.41, 5.74) is 0.376. The minimum atomic E-state index is -0.435. The average molecular weight is 255 g/mol. The van der Waals surface area contributed by atoms with E-state index in [2.05, 4.69) is 9.97 Å². The first-order chi connectivity index (χ1) is 7.87. The second kappa shape index (κ2) is 4.26. The van der Waals surface area contributed by atoms with Crippen LogP contribution in [0.15, 0.2) is 12.4 Å². The van der Waals surface area contributed by atoms with E-state index in [-0.39, 0.29) is 17.8 Å². The van der Waals surface area contributed by atoms with Gasteiger partial charge in [0.05, 0.1) is 24.0 Å². The Kier molecular flexibility index (Phi) is 3.08. The first-order valence-electron chi connectivity index (χ1n) is 5.57. The lowest BCUT2D eigenvalue weighted by Gasteiger charge is -2.19. The lowest BCUT2D eigenvalue weighted by atomic mass is 10.2. The Morgan fingerprint density at radius 3 is 2.65 bits per heavy atom. The molecule has 0 aliphatic heterocycles. The van der Waals surface area contributed by atoms with Gasteiger partial charge >= 0.3 is 5.97 Å². The number of ether oxygens (including phenoxy) is 1. The van der Waals surface area contributed by atoms with Gasteiger partial charge in [-0.25, -0.2) is 4.98 Å². The number of hydrogen-bond acceptors (Lipinski definition) is 4. The largest absolute Gasteiger partial charge is 0.460 e. The molecule has 0 N–H and O–H groups in total. The maximum Gasteiger partial charge on any atom is 0.310 e. The van der Waals surface area contributed by atoms with Crippen molar-refractivity contribution in [2.45, 2.75) is 38.7 Å². The number of rotatable bonds is 2. The monoisotopic (exact) mass is 254 g/mol. The molecule has 1 fully saturated rings. The summed E-state index contributed by atoms with van der Waals surface area (Å²) >= 11 is 5.66. The molecular formula is C12H15ClN2O2. The molecule has 2 atom stereocenters. The number of nitrogens with zero attached hydrogens (tertiary/aromatic N) is 2. The Balaban J connectivity index is 1.96. The van der Waals surface area contributed by atoms with E-state index in [1.165, 1.54) is 6.20 Å². The molecule has 0 unspecified atom stereocenters. The highest BCUT2D eigenvalue weighted by Crippen LogP contribution is 2.47. The van der Waals surface area contributed by atoms with Gasteiger partial charge in [0.2, 0.25) is 0 Å². The third kappa shape index (κ3) is 3.16. The molecule has 0 saturated heterocycles. The molecule has 92 valence electrons. The third-order valence-electron chi connectivity index (χ3n) is 2.52. The maximum atomic E-state index is 11.8. The quantitative estimate of drug-likeness (QED) is 0.761. The molecule has 1 aromatic heterocycles. The number of halogens is 1. The lowest BCUT2D eigenvalue weighted by molar-refractivity contribution is -0.156. The van der Waals surface area contributed by atoms with Crippen LogP contribution in [0.2, 0.25) is 5.15 Å². The normalized spacial score (nSPS) is 23.3. The van der Waals surface area contributed by atoms with Crippen molar-refractivity contribution in [3.05, 3.63) is 23.2 Å². The Morgan fingerprint density at radius 1 is 1.41 bits per heavy atom. The fourth-order valence-electron chi connectivity index (χ4n) is 1.67. The number of carbonyl (C=O) groups is 1. The molecule has 1 aliphatic carbocycles. The SMILES string of the molecule is CC(C)(C)OC(=O)[C@H]1C[C@@H]1c1cnc(Cl)cn1. The average Bonchev–Trinajstić information content (AvgIpc) is 2.96. The van der Waals surface area contributed by atoms with E-state index >= 15 is 0 Å². The predicted molar refractivity (Wildman–Crippen MR) is 63.7 cm³/mol. The van der Waals surface area contributed by atoms with Crippen LogP contribution in [0.25, 0.3) is 0 Å². The zero-order chi connectivity index (χ0) is 12.6. The van der Waals surface area contributed by atoms with Crippen LogP contribution in [0.1, 0.15) is 38.8 Å². The van der Waals surface area contributed by atoms with Gasteiger partial charge < -0.3 is 4.74 Å². The van der Waals surface area contributed by atoms with Crippen molar-refractivity contribution in [3.63, 3.8) is 0 Å². The highest BCUT2D eigenvalue weighted by atomic mass is 35.5. The molecular weight excluding hydrogens is 240 g/mol. The number of esters is 1. The molecule has 5 heteroatoms. The molecule has 1 aliphatic rings. The van der Waals surface area contributed by atoms with Crippen LogP contribution in [-0.4, -0.2) is 21.5 Å². The van der Waals surface area contributed by atoms with E-state index in [0.29, 0.717) is 5.15 Å². The summed E-state index contributed by atoms with van der Waals surface area (Å²) in [6.45, 7) is 5.60. The van der Waals surface area contributed by atoms with Crippen LogP contribution in [0.4, 0.5) is 0 Å². The van der Waals surface area contributed by atoms with Crippen molar-refractivity contribution in [2.24, 2.45) is 5.92 Å². The highest BCUT2D eigenvalue weighted by molar-refractivity contribution is 6.29. The third-order valence-corrected chi connectivity index (χ3v) is 2.72. The Labute approximate surface area is 105 Å². The van der Waals surface area contributed by atoms with Crippen molar-refractivity contribution in [1.82, 2.24) is 9.97 Å². The Morgan fingerprint density at radius 2 is 2.12 bits per heavy atom. The second-order valence-electron chi connectivity index (χ2n) is 5.25. The summed E-state index contributed by atoms with van der Waals surface area (Å²) in [4.78, 5) is 19.9. The van der Waals surface area contributed by atoms with Crippen LogP contribution in [0, 0.1) is 5.92 Å². The predicted octanol–water partition coefficient (Wildman–Crippen LogP) is 2.58. The van der Waals surface area contributed by atoms with Crippen LogP contribution in [0.5, 0.6) is 0 Å². The number of aromatic nitrogens is 2. The van der Waals surface area contributed by atoms with Crippen molar-refractivity contribution in [3.8, 4) is 0 Å².